The molecule has 1 aliphatic heterocycles. The molecule has 2 heterocycles. The highest BCUT2D eigenvalue weighted by Gasteiger charge is 2.30. The van der Waals surface area contributed by atoms with Crippen LogP contribution in [0.3, 0.4) is 0 Å². The van der Waals surface area contributed by atoms with Crippen LogP contribution >= 0.6 is 23.4 Å². The smallest absolute Gasteiger partial charge is 0.239 e. The first kappa shape index (κ1) is 18.5. The first-order chi connectivity index (χ1) is 13.7. The van der Waals surface area contributed by atoms with Crippen molar-refractivity contribution in [1.29, 1.82) is 0 Å². The van der Waals surface area contributed by atoms with Crippen LogP contribution in [0.2, 0.25) is 5.02 Å². The predicted octanol–water partition coefficient (Wildman–Crippen LogP) is 4.76. The Morgan fingerprint density at radius 2 is 1.86 bits per heavy atom. The summed E-state index contributed by atoms with van der Waals surface area (Å²) < 4.78 is 5.74. The maximum absolute atomic E-state index is 12.1. The van der Waals surface area contributed by atoms with Crippen LogP contribution in [0.4, 0.5) is 0 Å². The van der Waals surface area contributed by atoms with Crippen molar-refractivity contribution in [2.75, 3.05) is 0 Å². The molecule has 1 saturated heterocycles. The van der Waals surface area contributed by atoms with E-state index in [-0.39, 0.29) is 11.2 Å². The lowest BCUT2D eigenvalue weighted by Crippen LogP contribution is -2.25. The normalized spacial score (nSPS) is 18.1. The van der Waals surface area contributed by atoms with Crippen LogP contribution in [-0.2, 0) is 11.2 Å². The highest BCUT2D eigenvalue weighted by atomic mass is 35.5. The third-order valence-electron chi connectivity index (χ3n) is 4.13. The van der Waals surface area contributed by atoms with Crippen molar-refractivity contribution in [3.05, 3.63) is 83.1 Å². The van der Waals surface area contributed by atoms with Crippen molar-refractivity contribution in [1.82, 2.24) is 5.32 Å². The van der Waals surface area contributed by atoms with Gasteiger partial charge < -0.3 is 9.73 Å². The van der Waals surface area contributed by atoms with Gasteiger partial charge in [0.15, 0.2) is 5.17 Å². The second kappa shape index (κ2) is 8.46. The third-order valence-corrected chi connectivity index (χ3v) is 5.45. The fourth-order valence-electron chi connectivity index (χ4n) is 2.74. The molecule has 0 unspecified atom stereocenters. The first-order valence-electron chi connectivity index (χ1n) is 8.65. The second-order valence-corrected chi connectivity index (χ2v) is 7.77. The van der Waals surface area contributed by atoms with Crippen LogP contribution in [0.5, 0.6) is 0 Å². The zero-order chi connectivity index (χ0) is 19.3. The minimum Gasteiger partial charge on any atom is -0.455 e. The maximum Gasteiger partial charge on any atom is 0.239 e. The molecule has 0 aliphatic carbocycles. The lowest BCUT2D eigenvalue weighted by atomic mass is 10.1. The monoisotopic (exact) mass is 409 g/mol. The minimum atomic E-state index is -0.198. The lowest BCUT2D eigenvalue weighted by molar-refractivity contribution is -0.118. The minimum absolute atomic E-state index is 0.0502. The molecule has 3 aromatic rings. The van der Waals surface area contributed by atoms with Gasteiger partial charge in [-0.1, -0.05) is 53.7 Å². The van der Waals surface area contributed by atoms with Gasteiger partial charge in [0.25, 0.3) is 0 Å². The van der Waals surface area contributed by atoms with Gasteiger partial charge in [-0.25, -0.2) is 0 Å². The Hall–Kier alpha value is -2.83. The van der Waals surface area contributed by atoms with Crippen LogP contribution < -0.4 is 5.32 Å². The summed E-state index contributed by atoms with van der Waals surface area (Å²) in [6.07, 6.45) is 2.17. The number of benzene rings is 2. The Balaban J connectivity index is 1.38. The van der Waals surface area contributed by atoms with E-state index in [1.54, 1.807) is 0 Å². The van der Waals surface area contributed by atoms with Gasteiger partial charge in [0.1, 0.15) is 11.5 Å². The van der Waals surface area contributed by atoms with Crippen LogP contribution in [0.15, 0.2) is 81.4 Å². The molecule has 0 saturated carbocycles. The first-order valence-corrected chi connectivity index (χ1v) is 9.91. The summed E-state index contributed by atoms with van der Waals surface area (Å²) in [6, 6.07) is 21.0. The number of hydrogen-bond acceptors (Lipinski definition) is 5. The van der Waals surface area contributed by atoms with Gasteiger partial charge in [0, 0.05) is 10.6 Å². The zero-order valence-electron chi connectivity index (χ0n) is 14.7. The number of furan rings is 1. The summed E-state index contributed by atoms with van der Waals surface area (Å²) in [6.45, 7) is 0. The van der Waals surface area contributed by atoms with Crippen LogP contribution in [0, 0.1) is 0 Å². The molecule has 5 nitrogen and oxygen atoms in total. The number of amidine groups is 1. The van der Waals surface area contributed by atoms with Crippen LogP contribution in [0.25, 0.3) is 11.3 Å². The second-order valence-electron chi connectivity index (χ2n) is 6.14. The highest BCUT2D eigenvalue weighted by Crippen LogP contribution is 2.24. The van der Waals surface area contributed by atoms with Crippen molar-refractivity contribution in [2.24, 2.45) is 10.2 Å². The van der Waals surface area contributed by atoms with E-state index in [0.29, 0.717) is 22.4 Å². The summed E-state index contributed by atoms with van der Waals surface area (Å²) >= 11 is 7.29. The number of rotatable bonds is 5. The van der Waals surface area contributed by atoms with E-state index in [0.717, 1.165) is 16.9 Å². The van der Waals surface area contributed by atoms with E-state index in [1.165, 1.54) is 18.0 Å². The van der Waals surface area contributed by atoms with Crippen LogP contribution in [0.1, 0.15) is 11.3 Å². The number of hydrogen-bond donors (Lipinski definition) is 1. The van der Waals surface area contributed by atoms with E-state index in [2.05, 4.69) is 15.5 Å². The number of nitrogens with one attached hydrogen (secondary N) is 1. The topological polar surface area (TPSA) is 67.0 Å². The van der Waals surface area contributed by atoms with E-state index in [4.69, 9.17) is 16.0 Å². The lowest BCUT2D eigenvalue weighted by Gasteiger charge is -2.04. The summed E-state index contributed by atoms with van der Waals surface area (Å²) in [5.41, 5.74) is 2.04. The largest absolute Gasteiger partial charge is 0.455 e. The van der Waals surface area contributed by atoms with E-state index >= 15 is 0 Å². The third kappa shape index (κ3) is 4.52. The van der Waals surface area contributed by atoms with Gasteiger partial charge in [-0.3, -0.25) is 4.79 Å². The molecule has 28 heavy (non-hydrogen) atoms. The summed E-state index contributed by atoms with van der Waals surface area (Å²) in [5.74, 6) is 1.24. The molecule has 1 N–H and O–H groups in total. The Kier molecular flexibility index (Phi) is 5.60. The maximum atomic E-state index is 12.1. The number of carbonyl (C=O) groups excluding carboxylic acids is 1. The molecule has 0 spiro atoms. The molecule has 1 aromatic heterocycles. The van der Waals surface area contributed by atoms with Crippen molar-refractivity contribution in [3.8, 4) is 11.3 Å². The molecule has 1 aliphatic rings. The SMILES string of the molecule is O=C1N/C(=N\N=C\c2ccc(-c3ccc(Cl)cc3)o2)S[C@H]1Cc1ccccc1. The van der Waals surface area contributed by atoms with Gasteiger partial charge in [-0.2, -0.15) is 5.10 Å². The highest BCUT2D eigenvalue weighted by molar-refractivity contribution is 8.15. The molecular formula is C21H16ClN3O2S. The average molecular weight is 410 g/mol. The van der Waals surface area contributed by atoms with Gasteiger partial charge in [-0.15, -0.1) is 5.10 Å². The number of amides is 1. The van der Waals surface area contributed by atoms with Gasteiger partial charge in [-0.05, 0) is 48.4 Å². The molecule has 4 rings (SSSR count). The van der Waals surface area contributed by atoms with Gasteiger partial charge >= 0.3 is 0 Å². The molecular weight excluding hydrogens is 394 g/mol. The Bertz CT molecular complexity index is 1030. The Morgan fingerprint density at radius 1 is 1.07 bits per heavy atom. The molecule has 2 aromatic carbocycles. The van der Waals surface area contributed by atoms with E-state index in [9.17, 15) is 4.79 Å². The van der Waals surface area contributed by atoms with Gasteiger partial charge in [0.05, 0.1) is 11.5 Å². The fourth-order valence-corrected chi connectivity index (χ4v) is 3.84. The van der Waals surface area contributed by atoms with Crippen molar-refractivity contribution in [3.63, 3.8) is 0 Å². The Morgan fingerprint density at radius 3 is 2.64 bits per heavy atom. The van der Waals surface area contributed by atoms with Gasteiger partial charge in [0.2, 0.25) is 5.91 Å². The summed E-state index contributed by atoms with van der Waals surface area (Å²) in [5, 5.41) is 11.9. The number of halogens is 1. The van der Waals surface area contributed by atoms with Crippen molar-refractivity contribution in [2.45, 2.75) is 11.7 Å². The molecule has 0 radical (unpaired) electrons. The number of thioether (sulfide) groups is 1. The van der Waals surface area contributed by atoms with Crippen molar-refractivity contribution < 1.29 is 9.21 Å². The molecule has 1 atom stereocenters. The predicted molar refractivity (Wildman–Crippen MR) is 114 cm³/mol. The molecule has 1 fully saturated rings. The van der Waals surface area contributed by atoms with E-state index < -0.39 is 0 Å². The average Bonchev–Trinajstić information content (AvgIpc) is 3.30. The van der Waals surface area contributed by atoms with Crippen LogP contribution in [-0.4, -0.2) is 22.5 Å². The summed E-state index contributed by atoms with van der Waals surface area (Å²) in [4.78, 5) is 12.1. The number of nitrogens with zero attached hydrogens (tertiary/aromatic N) is 2. The molecule has 7 heteroatoms. The molecule has 140 valence electrons. The number of carbonyl (C=O) groups is 1. The Labute approximate surface area is 171 Å². The fraction of sp³-hybridized carbons (Fsp3) is 0.0952. The zero-order valence-corrected chi connectivity index (χ0v) is 16.3. The molecule has 1 amide bonds. The summed E-state index contributed by atoms with van der Waals surface area (Å²) in [7, 11) is 0. The quantitative estimate of drug-likeness (QED) is 0.487. The molecule has 0 bridgehead atoms. The standard InChI is InChI=1S/C21H16ClN3O2S/c22-16-8-6-15(7-9-16)18-11-10-17(27-18)13-23-25-21-24-20(26)19(28-21)12-14-4-2-1-3-5-14/h1-11,13,19H,12H2,(H,24,25,26)/b23-13+/t19-/m0/s1. The van der Waals surface area contributed by atoms with E-state index in [1.807, 2.05) is 66.7 Å². The van der Waals surface area contributed by atoms with Crippen molar-refractivity contribution >= 4 is 40.7 Å².